The Hall–Kier alpha value is -2.13. The van der Waals surface area contributed by atoms with Crippen LogP contribution in [0.1, 0.15) is 13.8 Å². The fourth-order valence-electron chi connectivity index (χ4n) is 2.62. The minimum absolute atomic E-state index is 0.0462. The standard InChI is InChI=1S/C12H19N5O4/c1-6-17(21,7-2)11-13(3)8-9(16(11)20)14(4)12(19)15(5)10(8)18/h6-7H2,1-5H3. The molecule has 0 aliphatic carbocycles. The van der Waals surface area contributed by atoms with Gasteiger partial charge in [-0.05, 0) is 13.8 Å². The van der Waals surface area contributed by atoms with Crippen LogP contribution in [0.5, 0.6) is 0 Å². The summed E-state index contributed by atoms with van der Waals surface area (Å²) in [4.78, 5) is 24.2. The first-order chi connectivity index (χ1) is 9.71. The molecule has 0 N–H and O–H groups in total. The van der Waals surface area contributed by atoms with Crippen LogP contribution in [0.15, 0.2) is 9.59 Å². The summed E-state index contributed by atoms with van der Waals surface area (Å²) in [5.41, 5.74) is -1.25. The highest BCUT2D eigenvalue weighted by Crippen LogP contribution is 2.21. The summed E-state index contributed by atoms with van der Waals surface area (Å²) in [6.07, 6.45) is 0. The third-order valence-corrected chi connectivity index (χ3v) is 4.01. The van der Waals surface area contributed by atoms with Crippen LogP contribution in [0.3, 0.4) is 0 Å². The van der Waals surface area contributed by atoms with Gasteiger partial charge in [0, 0.05) is 7.05 Å². The van der Waals surface area contributed by atoms with Crippen LogP contribution in [0.4, 0.5) is 5.95 Å². The molecule has 0 aliphatic heterocycles. The summed E-state index contributed by atoms with van der Waals surface area (Å²) >= 11 is 0. The topological polar surface area (TPSA) is 98.9 Å². The van der Waals surface area contributed by atoms with Gasteiger partial charge < -0.3 is 10.4 Å². The van der Waals surface area contributed by atoms with E-state index in [4.69, 9.17) is 0 Å². The molecule has 2 heterocycles. The second kappa shape index (κ2) is 4.71. The van der Waals surface area contributed by atoms with Crippen molar-refractivity contribution in [3.63, 3.8) is 0 Å². The molecule has 2 aromatic rings. The number of rotatable bonds is 3. The number of aromatic nitrogens is 4. The first-order valence-electron chi connectivity index (χ1n) is 6.67. The van der Waals surface area contributed by atoms with Crippen LogP contribution in [0, 0.1) is 10.4 Å². The Kier molecular flexibility index (Phi) is 3.42. The molecule has 0 amide bonds. The Bertz CT molecular complexity index is 825. The average Bonchev–Trinajstić information content (AvgIpc) is 2.74. The second-order valence-corrected chi connectivity index (χ2v) is 5.05. The molecule has 0 saturated carbocycles. The van der Waals surface area contributed by atoms with Crippen molar-refractivity contribution in [3.8, 4) is 0 Å². The lowest BCUT2D eigenvalue weighted by Crippen LogP contribution is -2.51. The molecule has 0 bridgehead atoms. The van der Waals surface area contributed by atoms with Crippen molar-refractivity contribution < 1.29 is 4.73 Å². The van der Waals surface area contributed by atoms with E-state index in [2.05, 4.69) is 0 Å². The minimum Gasteiger partial charge on any atom is -0.736 e. The van der Waals surface area contributed by atoms with Gasteiger partial charge >= 0.3 is 17.2 Å². The van der Waals surface area contributed by atoms with Gasteiger partial charge in [0.25, 0.3) is 5.65 Å². The van der Waals surface area contributed by atoms with E-state index in [0.717, 1.165) is 9.13 Å². The number of hydrogen-bond acceptors (Lipinski definition) is 4. The van der Waals surface area contributed by atoms with Gasteiger partial charge in [-0.1, -0.05) is 0 Å². The van der Waals surface area contributed by atoms with Gasteiger partial charge in [-0.25, -0.2) is 18.5 Å². The normalized spacial score (nSPS) is 12.3. The molecule has 0 atom stereocenters. The van der Waals surface area contributed by atoms with Gasteiger partial charge in [-0.3, -0.25) is 9.44 Å². The summed E-state index contributed by atoms with van der Waals surface area (Å²) in [5, 5.41) is 25.3. The van der Waals surface area contributed by atoms with Crippen molar-refractivity contribution in [1.82, 2.24) is 18.3 Å². The van der Waals surface area contributed by atoms with Crippen LogP contribution in [0.25, 0.3) is 11.2 Å². The Labute approximate surface area is 120 Å². The van der Waals surface area contributed by atoms with Crippen molar-refractivity contribution in [2.45, 2.75) is 13.8 Å². The maximum Gasteiger partial charge on any atom is 0.404 e. The smallest absolute Gasteiger partial charge is 0.404 e. The predicted octanol–water partition coefficient (Wildman–Crippen LogP) is -0.946. The molecule has 0 saturated heterocycles. The summed E-state index contributed by atoms with van der Waals surface area (Å²) in [6, 6.07) is 0. The zero-order chi connectivity index (χ0) is 16.1. The molecular formula is C12H19N5O4. The van der Waals surface area contributed by atoms with Crippen molar-refractivity contribution in [3.05, 3.63) is 31.3 Å². The number of aryl methyl sites for hydroxylation is 2. The quantitative estimate of drug-likeness (QED) is 0.316. The molecule has 0 aliphatic rings. The first kappa shape index (κ1) is 15.3. The molecular weight excluding hydrogens is 278 g/mol. The lowest BCUT2D eigenvalue weighted by molar-refractivity contribution is -0.574. The molecule has 0 aromatic carbocycles. The summed E-state index contributed by atoms with van der Waals surface area (Å²) in [6.45, 7) is 3.64. The highest BCUT2D eigenvalue weighted by molar-refractivity contribution is 5.69. The first-order valence-corrected chi connectivity index (χ1v) is 6.67. The van der Waals surface area contributed by atoms with Crippen molar-refractivity contribution in [2.75, 3.05) is 13.1 Å². The average molecular weight is 297 g/mol. The molecule has 0 fully saturated rings. The lowest BCUT2D eigenvalue weighted by Gasteiger charge is -2.37. The van der Waals surface area contributed by atoms with E-state index in [0.29, 0.717) is 4.73 Å². The minimum atomic E-state index is -0.869. The van der Waals surface area contributed by atoms with E-state index in [1.165, 1.54) is 25.7 Å². The number of fused-ring (bicyclic) bond motifs is 1. The highest BCUT2D eigenvalue weighted by atomic mass is 16.6. The lowest BCUT2D eigenvalue weighted by atomic mass is 10.5. The van der Waals surface area contributed by atoms with Gasteiger partial charge in [-0.2, -0.15) is 4.73 Å². The predicted molar refractivity (Wildman–Crippen MR) is 78.6 cm³/mol. The van der Waals surface area contributed by atoms with E-state index in [9.17, 15) is 20.0 Å². The fourth-order valence-corrected chi connectivity index (χ4v) is 2.62. The monoisotopic (exact) mass is 297 g/mol. The van der Waals surface area contributed by atoms with Gasteiger partial charge in [0.15, 0.2) is 0 Å². The van der Waals surface area contributed by atoms with Crippen molar-refractivity contribution in [1.29, 1.82) is 0 Å². The zero-order valence-corrected chi connectivity index (χ0v) is 12.8. The van der Waals surface area contributed by atoms with Crippen LogP contribution >= 0.6 is 0 Å². The highest BCUT2D eigenvalue weighted by Gasteiger charge is 2.34. The van der Waals surface area contributed by atoms with E-state index in [1.807, 2.05) is 0 Å². The molecule has 9 nitrogen and oxygen atoms in total. The SMILES string of the molecule is CC[N+]([O-])(CC)c1n(C)c2c(=O)n(C)c(=O)n(C)c2[n+]1[O-]. The maximum absolute atomic E-state index is 12.7. The Morgan fingerprint density at radius 3 is 2.05 bits per heavy atom. The van der Waals surface area contributed by atoms with Gasteiger partial charge in [0.2, 0.25) is 5.52 Å². The number of nitrogens with zero attached hydrogens (tertiary/aromatic N) is 5. The molecule has 2 rings (SSSR count). The van der Waals surface area contributed by atoms with Crippen molar-refractivity contribution in [2.24, 2.45) is 21.1 Å². The number of hydroxylamine groups is 2. The van der Waals surface area contributed by atoms with Gasteiger partial charge in [0.1, 0.15) is 0 Å². The number of hydrogen-bond donors (Lipinski definition) is 0. The molecule has 21 heavy (non-hydrogen) atoms. The Morgan fingerprint density at radius 1 is 1.05 bits per heavy atom. The van der Waals surface area contributed by atoms with E-state index >= 15 is 0 Å². The molecule has 116 valence electrons. The van der Waals surface area contributed by atoms with Gasteiger partial charge in [0.05, 0.1) is 27.2 Å². The molecule has 0 unspecified atom stereocenters. The zero-order valence-electron chi connectivity index (χ0n) is 12.8. The van der Waals surface area contributed by atoms with Crippen LogP contribution < -0.4 is 20.6 Å². The molecule has 9 heteroatoms. The number of quaternary nitrogens is 1. The third kappa shape index (κ3) is 1.81. The molecule has 0 spiro atoms. The van der Waals surface area contributed by atoms with Gasteiger partial charge in [-0.15, -0.1) is 0 Å². The van der Waals surface area contributed by atoms with Crippen LogP contribution in [0.2, 0.25) is 0 Å². The number of imidazole rings is 1. The fraction of sp³-hybridized carbons (Fsp3) is 0.583. The molecule has 0 radical (unpaired) electrons. The van der Waals surface area contributed by atoms with E-state index in [-0.39, 0.29) is 30.2 Å². The van der Waals surface area contributed by atoms with Crippen LogP contribution in [-0.2, 0) is 21.1 Å². The van der Waals surface area contributed by atoms with Crippen LogP contribution in [-0.4, -0.2) is 26.8 Å². The summed E-state index contributed by atoms with van der Waals surface area (Å²) in [7, 11) is 4.23. The Balaban J connectivity index is 3.11. The Morgan fingerprint density at radius 2 is 1.57 bits per heavy atom. The molecule has 2 aromatic heterocycles. The third-order valence-electron chi connectivity index (χ3n) is 4.01. The summed E-state index contributed by atoms with van der Waals surface area (Å²) in [5.74, 6) is -0.103. The van der Waals surface area contributed by atoms with E-state index in [1.54, 1.807) is 13.8 Å². The second-order valence-electron chi connectivity index (χ2n) is 5.05. The largest absolute Gasteiger partial charge is 0.736 e. The maximum atomic E-state index is 12.7. The summed E-state index contributed by atoms with van der Waals surface area (Å²) < 4.78 is 2.83. The van der Waals surface area contributed by atoms with E-state index < -0.39 is 15.9 Å². The van der Waals surface area contributed by atoms with Crippen molar-refractivity contribution >= 4 is 17.1 Å².